The standard InChI is InChI=1S/C10H14F3NO4S/c11-10(12,13)9(8(15)16)3-4-14(6-9)19(17,18)5-7-1-2-7/h7H,1-6H2,(H,15,16). The van der Waals surface area contributed by atoms with Gasteiger partial charge in [0.05, 0.1) is 5.75 Å². The minimum absolute atomic E-state index is 0.00992. The van der Waals surface area contributed by atoms with Crippen LogP contribution in [-0.4, -0.2) is 48.8 Å². The molecule has 0 aromatic rings. The smallest absolute Gasteiger partial charge is 0.406 e. The molecule has 2 rings (SSSR count). The maximum absolute atomic E-state index is 12.9. The maximum atomic E-state index is 12.9. The number of carboxylic acid groups (broad SMARTS) is 1. The Bertz CT molecular complexity index is 485. The van der Waals surface area contributed by atoms with Crippen LogP contribution in [0.15, 0.2) is 0 Å². The van der Waals surface area contributed by atoms with E-state index in [-0.39, 0.29) is 18.2 Å². The van der Waals surface area contributed by atoms with Gasteiger partial charge in [0.2, 0.25) is 10.0 Å². The summed E-state index contributed by atoms with van der Waals surface area (Å²) in [6, 6.07) is 0. The van der Waals surface area contributed by atoms with Gasteiger partial charge in [0.15, 0.2) is 5.41 Å². The SMILES string of the molecule is O=C(O)C1(C(F)(F)F)CCN(S(=O)(=O)CC2CC2)C1. The van der Waals surface area contributed by atoms with Crippen molar-refractivity contribution in [1.82, 2.24) is 4.31 Å². The minimum Gasteiger partial charge on any atom is -0.481 e. The summed E-state index contributed by atoms with van der Waals surface area (Å²) in [5, 5.41) is 8.84. The molecule has 0 aromatic carbocycles. The zero-order chi connectivity index (χ0) is 14.5. The molecule has 1 saturated carbocycles. The first-order chi connectivity index (χ1) is 8.58. The predicted molar refractivity (Wildman–Crippen MR) is 58.8 cm³/mol. The van der Waals surface area contributed by atoms with Gasteiger partial charge >= 0.3 is 12.1 Å². The Kier molecular flexibility index (Phi) is 3.33. The van der Waals surface area contributed by atoms with Gasteiger partial charge in [-0.25, -0.2) is 12.7 Å². The summed E-state index contributed by atoms with van der Waals surface area (Å²) in [5.41, 5.74) is -2.97. The first-order valence-corrected chi connectivity index (χ1v) is 7.47. The summed E-state index contributed by atoms with van der Waals surface area (Å²) in [6.07, 6.45) is -4.16. The summed E-state index contributed by atoms with van der Waals surface area (Å²) < 4.78 is 63.1. The van der Waals surface area contributed by atoms with Gasteiger partial charge in [-0.1, -0.05) is 0 Å². The summed E-state index contributed by atoms with van der Waals surface area (Å²) in [5.74, 6) is -2.18. The summed E-state index contributed by atoms with van der Waals surface area (Å²) in [6.45, 7) is -1.40. The Morgan fingerprint density at radius 2 is 1.95 bits per heavy atom. The van der Waals surface area contributed by atoms with Crippen molar-refractivity contribution in [2.24, 2.45) is 11.3 Å². The lowest BCUT2D eigenvalue weighted by Crippen LogP contribution is -2.48. The molecule has 1 N–H and O–H groups in total. The average Bonchev–Trinajstić information content (AvgIpc) is 2.91. The van der Waals surface area contributed by atoms with E-state index >= 15 is 0 Å². The Hall–Kier alpha value is -0.830. The lowest BCUT2D eigenvalue weighted by Gasteiger charge is -2.27. The van der Waals surface area contributed by atoms with Crippen molar-refractivity contribution in [1.29, 1.82) is 0 Å². The largest absolute Gasteiger partial charge is 0.481 e. The Balaban J connectivity index is 2.19. The molecule has 0 amide bonds. The fourth-order valence-electron chi connectivity index (χ4n) is 2.23. The number of hydrogen-bond acceptors (Lipinski definition) is 3. The second-order valence-electron chi connectivity index (χ2n) is 5.19. The third-order valence-electron chi connectivity index (χ3n) is 3.72. The molecule has 1 aliphatic heterocycles. The van der Waals surface area contributed by atoms with Crippen LogP contribution < -0.4 is 0 Å². The van der Waals surface area contributed by atoms with Gasteiger partial charge in [-0.05, 0) is 25.2 Å². The van der Waals surface area contributed by atoms with E-state index in [0.29, 0.717) is 4.31 Å². The molecule has 1 heterocycles. The molecular weight excluding hydrogens is 287 g/mol. The summed E-state index contributed by atoms with van der Waals surface area (Å²) in [7, 11) is -3.79. The molecule has 1 aliphatic carbocycles. The fraction of sp³-hybridized carbons (Fsp3) is 0.900. The van der Waals surface area contributed by atoms with Crippen LogP contribution in [0, 0.1) is 11.3 Å². The zero-order valence-corrected chi connectivity index (χ0v) is 10.8. The van der Waals surface area contributed by atoms with E-state index in [4.69, 9.17) is 5.11 Å². The maximum Gasteiger partial charge on any atom is 0.406 e. The normalized spacial score (nSPS) is 29.6. The van der Waals surface area contributed by atoms with E-state index in [2.05, 4.69) is 0 Å². The molecular formula is C10H14F3NO4S. The highest BCUT2D eigenvalue weighted by Crippen LogP contribution is 2.46. The fourth-order valence-corrected chi connectivity index (χ4v) is 4.15. The number of sulfonamides is 1. The summed E-state index contributed by atoms with van der Waals surface area (Å²) >= 11 is 0. The van der Waals surface area contributed by atoms with Crippen molar-refractivity contribution in [2.45, 2.75) is 25.4 Å². The van der Waals surface area contributed by atoms with Gasteiger partial charge in [0, 0.05) is 13.1 Å². The van der Waals surface area contributed by atoms with E-state index in [1.807, 2.05) is 0 Å². The van der Waals surface area contributed by atoms with Crippen molar-refractivity contribution in [3.05, 3.63) is 0 Å². The average molecular weight is 301 g/mol. The van der Waals surface area contributed by atoms with E-state index in [9.17, 15) is 26.4 Å². The Labute approximate surface area is 108 Å². The number of rotatable bonds is 4. The van der Waals surface area contributed by atoms with Crippen molar-refractivity contribution in [3.8, 4) is 0 Å². The molecule has 19 heavy (non-hydrogen) atoms. The molecule has 1 unspecified atom stereocenters. The van der Waals surface area contributed by atoms with Crippen molar-refractivity contribution in [2.75, 3.05) is 18.8 Å². The first kappa shape index (κ1) is 14.6. The number of hydrogen-bond donors (Lipinski definition) is 1. The van der Waals surface area contributed by atoms with Crippen molar-refractivity contribution < 1.29 is 31.5 Å². The number of nitrogens with zero attached hydrogens (tertiary/aromatic N) is 1. The second kappa shape index (κ2) is 4.34. The number of halogens is 3. The lowest BCUT2D eigenvalue weighted by molar-refractivity contribution is -0.226. The van der Waals surface area contributed by atoms with Crippen LogP contribution in [0.2, 0.25) is 0 Å². The number of aliphatic carboxylic acids is 1. The first-order valence-electron chi connectivity index (χ1n) is 5.86. The van der Waals surface area contributed by atoms with Crippen LogP contribution in [-0.2, 0) is 14.8 Å². The van der Waals surface area contributed by atoms with Gasteiger partial charge in [-0.3, -0.25) is 4.79 Å². The van der Waals surface area contributed by atoms with Crippen LogP contribution in [0.4, 0.5) is 13.2 Å². The van der Waals surface area contributed by atoms with Gasteiger partial charge < -0.3 is 5.11 Å². The monoisotopic (exact) mass is 301 g/mol. The topological polar surface area (TPSA) is 74.7 Å². The van der Waals surface area contributed by atoms with E-state index < -0.39 is 40.5 Å². The highest BCUT2D eigenvalue weighted by atomic mass is 32.2. The van der Waals surface area contributed by atoms with Crippen LogP contribution in [0.5, 0.6) is 0 Å². The Morgan fingerprint density at radius 3 is 2.32 bits per heavy atom. The second-order valence-corrected chi connectivity index (χ2v) is 7.20. The van der Waals surface area contributed by atoms with E-state index in [0.717, 1.165) is 12.8 Å². The highest BCUT2D eigenvalue weighted by molar-refractivity contribution is 7.89. The summed E-state index contributed by atoms with van der Waals surface area (Å²) in [4.78, 5) is 10.9. The van der Waals surface area contributed by atoms with Crippen molar-refractivity contribution in [3.63, 3.8) is 0 Å². The third kappa shape index (κ3) is 2.58. The molecule has 1 saturated heterocycles. The van der Waals surface area contributed by atoms with Gasteiger partial charge in [0.1, 0.15) is 0 Å². The van der Waals surface area contributed by atoms with Gasteiger partial charge in [0.25, 0.3) is 0 Å². The zero-order valence-electron chi connectivity index (χ0n) is 9.98. The molecule has 0 radical (unpaired) electrons. The molecule has 0 spiro atoms. The molecule has 2 fully saturated rings. The molecule has 9 heteroatoms. The van der Waals surface area contributed by atoms with Crippen LogP contribution >= 0.6 is 0 Å². The van der Waals surface area contributed by atoms with Crippen molar-refractivity contribution >= 4 is 16.0 Å². The molecule has 5 nitrogen and oxygen atoms in total. The number of carbonyl (C=O) groups is 1. The highest BCUT2D eigenvalue weighted by Gasteiger charge is 2.65. The van der Waals surface area contributed by atoms with Crippen LogP contribution in [0.25, 0.3) is 0 Å². The van der Waals surface area contributed by atoms with E-state index in [1.165, 1.54) is 0 Å². The molecule has 2 aliphatic rings. The lowest BCUT2D eigenvalue weighted by atomic mass is 9.86. The van der Waals surface area contributed by atoms with Gasteiger partial charge in [-0.2, -0.15) is 13.2 Å². The third-order valence-corrected chi connectivity index (χ3v) is 5.71. The Morgan fingerprint density at radius 1 is 1.37 bits per heavy atom. The quantitative estimate of drug-likeness (QED) is 0.842. The minimum atomic E-state index is -4.96. The van der Waals surface area contributed by atoms with Crippen LogP contribution in [0.3, 0.4) is 0 Å². The number of alkyl halides is 3. The number of carboxylic acids is 1. The predicted octanol–water partition coefficient (Wildman–Crippen LogP) is 1.07. The molecule has 110 valence electrons. The van der Waals surface area contributed by atoms with E-state index in [1.54, 1.807) is 0 Å². The molecule has 0 bridgehead atoms. The molecule has 1 atom stereocenters. The molecule has 0 aromatic heterocycles. The van der Waals surface area contributed by atoms with Crippen LogP contribution in [0.1, 0.15) is 19.3 Å². The van der Waals surface area contributed by atoms with Gasteiger partial charge in [-0.15, -0.1) is 0 Å².